The van der Waals surface area contributed by atoms with Gasteiger partial charge in [0.15, 0.2) is 0 Å². The van der Waals surface area contributed by atoms with Crippen LogP contribution in [0.15, 0.2) is 71.8 Å². The highest BCUT2D eigenvalue weighted by molar-refractivity contribution is 5.96. The number of hydrogen-bond donors (Lipinski definition) is 0. The quantitative estimate of drug-likeness (QED) is 0.733. The first-order chi connectivity index (χ1) is 12.6. The predicted octanol–water partition coefficient (Wildman–Crippen LogP) is 2.89. The third-order valence-corrected chi connectivity index (χ3v) is 4.73. The molecule has 130 valence electrons. The molecule has 1 amide bonds. The number of rotatable bonds is 3. The maximum absolute atomic E-state index is 12.8. The van der Waals surface area contributed by atoms with Crippen molar-refractivity contribution >= 4 is 11.6 Å². The minimum absolute atomic E-state index is 0.0143. The van der Waals surface area contributed by atoms with E-state index in [4.69, 9.17) is 0 Å². The van der Waals surface area contributed by atoms with Crippen molar-refractivity contribution in [1.82, 2.24) is 9.55 Å². The van der Waals surface area contributed by atoms with E-state index >= 15 is 0 Å². The molecule has 26 heavy (non-hydrogen) atoms. The molecule has 0 saturated carbocycles. The normalized spacial score (nSPS) is 15.7. The molecule has 5 nitrogen and oxygen atoms in total. The monoisotopic (exact) mass is 345 g/mol. The van der Waals surface area contributed by atoms with Crippen LogP contribution < -0.4 is 10.5 Å². The van der Waals surface area contributed by atoms with Gasteiger partial charge in [0, 0.05) is 23.4 Å². The molecule has 0 aliphatic carbocycles. The lowest BCUT2D eigenvalue weighted by Crippen LogP contribution is -2.39. The lowest BCUT2D eigenvalue weighted by Gasteiger charge is -2.23. The van der Waals surface area contributed by atoms with E-state index in [-0.39, 0.29) is 24.1 Å². The van der Waals surface area contributed by atoms with Crippen molar-refractivity contribution in [2.24, 2.45) is 0 Å². The number of carbonyl (C=O) groups is 1. The van der Waals surface area contributed by atoms with Gasteiger partial charge in [-0.15, -0.1) is 0 Å². The molecule has 4 rings (SSSR count). The summed E-state index contributed by atoms with van der Waals surface area (Å²) in [6.45, 7) is 2.01. The standard InChI is InChI=1S/C21H19N3O2/c1-15-11-17-9-5-6-10-19(17)24(15)21(26)13-23-14-22-18(12-20(23)25)16-7-3-2-4-8-16/h2-10,12,14-15H,11,13H2,1H3. The second-order valence-corrected chi connectivity index (χ2v) is 6.55. The summed E-state index contributed by atoms with van der Waals surface area (Å²) in [4.78, 5) is 31.4. The fourth-order valence-electron chi connectivity index (χ4n) is 3.48. The van der Waals surface area contributed by atoms with Crippen molar-refractivity contribution in [3.63, 3.8) is 0 Å². The van der Waals surface area contributed by atoms with Gasteiger partial charge in [-0.1, -0.05) is 48.5 Å². The molecule has 5 heteroatoms. The molecule has 3 aromatic rings. The smallest absolute Gasteiger partial charge is 0.254 e. The Bertz CT molecular complexity index is 1010. The summed E-state index contributed by atoms with van der Waals surface area (Å²) in [5.74, 6) is -0.0983. The topological polar surface area (TPSA) is 55.2 Å². The summed E-state index contributed by atoms with van der Waals surface area (Å²) in [6.07, 6.45) is 2.29. The van der Waals surface area contributed by atoms with E-state index in [0.29, 0.717) is 5.69 Å². The second-order valence-electron chi connectivity index (χ2n) is 6.55. The third-order valence-electron chi connectivity index (χ3n) is 4.73. The van der Waals surface area contributed by atoms with Crippen molar-refractivity contribution < 1.29 is 4.79 Å². The van der Waals surface area contributed by atoms with Gasteiger partial charge >= 0.3 is 0 Å². The Morgan fingerprint density at radius 2 is 1.85 bits per heavy atom. The first-order valence-electron chi connectivity index (χ1n) is 8.65. The number of amides is 1. The number of nitrogens with zero attached hydrogens (tertiary/aromatic N) is 3. The predicted molar refractivity (Wildman–Crippen MR) is 101 cm³/mol. The van der Waals surface area contributed by atoms with Gasteiger partial charge in [0.1, 0.15) is 6.54 Å². The van der Waals surface area contributed by atoms with Crippen LogP contribution in [-0.2, 0) is 17.8 Å². The van der Waals surface area contributed by atoms with Crippen molar-refractivity contribution in [3.05, 3.63) is 82.9 Å². The maximum atomic E-state index is 12.8. The zero-order valence-corrected chi connectivity index (χ0v) is 14.5. The van der Waals surface area contributed by atoms with Crippen LogP contribution >= 0.6 is 0 Å². The Labute approximate surface area is 151 Å². The van der Waals surface area contributed by atoms with Crippen molar-refractivity contribution in [2.75, 3.05) is 4.90 Å². The fourth-order valence-corrected chi connectivity index (χ4v) is 3.48. The Morgan fingerprint density at radius 3 is 2.62 bits per heavy atom. The maximum Gasteiger partial charge on any atom is 0.254 e. The summed E-state index contributed by atoms with van der Waals surface area (Å²) < 4.78 is 1.36. The number of aromatic nitrogens is 2. The Kier molecular flexibility index (Phi) is 4.13. The molecule has 1 aromatic heterocycles. The summed E-state index contributed by atoms with van der Waals surface area (Å²) in [7, 11) is 0. The molecule has 0 spiro atoms. The molecule has 0 bridgehead atoms. The number of para-hydroxylation sites is 1. The van der Waals surface area contributed by atoms with E-state index in [0.717, 1.165) is 17.7 Å². The molecule has 2 aromatic carbocycles. The molecule has 0 N–H and O–H groups in total. The average Bonchev–Trinajstić information content (AvgIpc) is 3.00. The van der Waals surface area contributed by atoms with E-state index in [1.807, 2.05) is 61.5 Å². The summed E-state index contributed by atoms with van der Waals surface area (Å²) in [5, 5.41) is 0. The van der Waals surface area contributed by atoms with E-state index in [2.05, 4.69) is 4.98 Å². The van der Waals surface area contributed by atoms with Gasteiger partial charge < -0.3 is 4.90 Å². The molecular weight excluding hydrogens is 326 g/mol. The molecule has 1 aliphatic rings. The fraction of sp³-hybridized carbons (Fsp3) is 0.190. The summed E-state index contributed by atoms with van der Waals surface area (Å²) >= 11 is 0. The highest BCUT2D eigenvalue weighted by atomic mass is 16.2. The molecule has 0 saturated heterocycles. The Morgan fingerprint density at radius 1 is 1.12 bits per heavy atom. The van der Waals surface area contributed by atoms with Gasteiger partial charge in [-0.3, -0.25) is 14.2 Å². The third kappa shape index (κ3) is 2.92. The van der Waals surface area contributed by atoms with Gasteiger partial charge in [0.25, 0.3) is 5.56 Å². The highest BCUT2D eigenvalue weighted by Gasteiger charge is 2.30. The van der Waals surface area contributed by atoms with Gasteiger partial charge in [0.05, 0.1) is 12.0 Å². The Balaban J connectivity index is 1.58. The molecule has 1 unspecified atom stereocenters. The summed E-state index contributed by atoms with van der Waals surface area (Å²) in [6, 6.07) is 19.0. The van der Waals surface area contributed by atoms with Crippen LogP contribution in [0.4, 0.5) is 5.69 Å². The van der Waals surface area contributed by atoms with E-state index in [1.54, 1.807) is 4.90 Å². The van der Waals surface area contributed by atoms with Crippen LogP contribution in [0, 0.1) is 0 Å². The lowest BCUT2D eigenvalue weighted by molar-refractivity contribution is -0.119. The molecule has 2 heterocycles. The zero-order chi connectivity index (χ0) is 18.1. The number of benzene rings is 2. The molecule has 1 atom stereocenters. The summed E-state index contributed by atoms with van der Waals surface area (Å²) in [5.41, 5.74) is 3.36. The number of fused-ring (bicyclic) bond motifs is 1. The molecule has 1 aliphatic heterocycles. The first-order valence-corrected chi connectivity index (χ1v) is 8.65. The van der Waals surface area contributed by atoms with E-state index < -0.39 is 0 Å². The molecule has 0 fully saturated rings. The van der Waals surface area contributed by atoms with Crippen LogP contribution in [-0.4, -0.2) is 21.5 Å². The minimum Gasteiger partial charge on any atom is -0.307 e. The van der Waals surface area contributed by atoms with Crippen molar-refractivity contribution in [2.45, 2.75) is 25.9 Å². The molecular formula is C21H19N3O2. The largest absolute Gasteiger partial charge is 0.307 e. The van der Waals surface area contributed by atoms with Crippen molar-refractivity contribution in [3.8, 4) is 11.3 Å². The zero-order valence-electron chi connectivity index (χ0n) is 14.5. The van der Waals surface area contributed by atoms with Crippen LogP contribution in [0.2, 0.25) is 0 Å². The van der Waals surface area contributed by atoms with Crippen LogP contribution in [0.25, 0.3) is 11.3 Å². The SMILES string of the molecule is CC1Cc2ccccc2N1C(=O)Cn1cnc(-c2ccccc2)cc1=O. The minimum atomic E-state index is -0.229. The Hall–Kier alpha value is -3.21. The molecule has 0 radical (unpaired) electrons. The van der Waals surface area contributed by atoms with Crippen LogP contribution in [0.1, 0.15) is 12.5 Å². The van der Waals surface area contributed by atoms with Crippen LogP contribution in [0.3, 0.4) is 0 Å². The lowest BCUT2D eigenvalue weighted by atomic mass is 10.1. The average molecular weight is 345 g/mol. The van der Waals surface area contributed by atoms with Crippen molar-refractivity contribution in [1.29, 1.82) is 0 Å². The number of hydrogen-bond acceptors (Lipinski definition) is 3. The first kappa shape index (κ1) is 16.3. The second kappa shape index (κ2) is 6.59. The van der Waals surface area contributed by atoms with Crippen LogP contribution in [0.5, 0.6) is 0 Å². The van der Waals surface area contributed by atoms with Gasteiger partial charge in [-0.25, -0.2) is 4.98 Å². The van der Waals surface area contributed by atoms with Gasteiger partial charge in [-0.05, 0) is 25.0 Å². The van der Waals surface area contributed by atoms with E-state index in [9.17, 15) is 9.59 Å². The van der Waals surface area contributed by atoms with Gasteiger partial charge in [-0.2, -0.15) is 0 Å². The highest BCUT2D eigenvalue weighted by Crippen LogP contribution is 2.31. The number of carbonyl (C=O) groups excluding carboxylic acids is 1. The number of anilines is 1. The van der Waals surface area contributed by atoms with Gasteiger partial charge in [0.2, 0.25) is 5.91 Å². The van der Waals surface area contributed by atoms with E-state index in [1.165, 1.54) is 22.5 Å².